The fourth-order valence-corrected chi connectivity index (χ4v) is 5.26. The van der Waals surface area contributed by atoms with Crippen molar-refractivity contribution in [1.29, 1.82) is 0 Å². The first-order valence-electron chi connectivity index (χ1n) is 18.2. The van der Waals surface area contributed by atoms with Crippen molar-refractivity contribution in [3.05, 3.63) is 29.0 Å². The van der Waals surface area contributed by atoms with Gasteiger partial charge in [0.1, 0.15) is 5.52 Å². The molecule has 1 aliphatic heterocycles. The third-order valence-electron chi connectivity index (χ3n) is 7.99. The molecular formula is C37H44BrN5O17. The van der Waals surface area contributed by atoms with Gasteiger partial charge in [-0.2, -0.15) is 0 Å². The molecule has 0 spiro atoms. The number of guanidine groups is 1. The van der Waals surface area contributed by atoms with Gasteiger partial charge in [-0.05, 0) is 83.5 Å². The lowest BCUT2D eigenvalue weighted by Crippen LogP contribution is -2.44. The summed E-state index contributed by atoms with van der Waals surface area (Å²) in [6.45, 7) is 10.9. The van der Waals surface area contributed by atoms with Crippen molar-refractivity contribution in [2.24, 2.45) is 4.99 Å². The summed E-state index contributed by atoms with van der Waals surface area (Å²) < 4.78 is 40.2. The molecule has 8 atom stereocenters. The molecule has 22 nitrogen and oxygen atoms in total. The Kier molecular flexibility index (Phi) is 17.4. The summed E-state index contributed by atoms with van der Waals surface area (Å²) in [7, 11) is 0. The third kappa shape index (κ3) is 13.4. The van der Waals surface area contributed by atoms with Gasteiger partial charge in [-0.25, -0.2) is 38.6 Å². The summed E-state index contributed by atoms with van der Waals surface area (Å²) in [5.74, 6) is -9.26. The summed E-state index contributed by atoms with van der Waals surface area (Å²) in [5, 5.41) is 3.01. The number of fused-ring (bicyclic) bond motifs is 1. The van der Waals surface area contributed by atoms with E-state index in [1.165, 1.54) is 31.9 Å². The Morgan fingerprint density at radius 1 is 0.583 bits per heavy atom. The predicted octanol–water partition coefficient (Wildman–Crippen LogP) is 1.29. The van der Waals surface area contributed by atoms with Gasteiger partial charge in [-0.1, -0.05) is 0 Å². The first-order chi connectivity index (χ1) is 28.1. The van der Waals surface area contributed by atoms with Crippen LogP contribution < -0.4 is 5.32 Å². The summed E-state index contributed by atoms with van der Waals surface area (Å²) in [4.78, 5) is 126. The van der Waals surface area contributed by atoms with Gasteiger partial charge >= 0.3 is 47.8 Å². The maximum absolute atomic E-state index is 13.3. The van der Waals surface area contributed by atoms with Crippen LogP contribution in [-0.4, -0.2) is 136 Å². The number of carbonyl (C=O) groups is 9. The molecule has 0 unspecified atom stereocenters. The van der Waals surface area contributed by atoms with Gasteiger partial charge in [-0.15, -0.1) is 0 Å². The van der Waals surface area contributed by atoms with Crippen LogP contribution in [0.15, 0.2) is 34.0 Å². The lowest BCUT2D eigenvalue weighted by molar-refractivity contribution is -0.189. The first kappa shape index (κ1) is 48.1. The molecule has 2 aromatic rings. The zero-order chi connectivity index (χ0) is 45.0. The molecule has 326 valence electrons. The highest BCUT2D eigenvalue weighted by molar-refractivity contribution is 9.10. The van der Waals surface area contributed by atoms with Gasteiger partial charge in [0, 0.05) is 32.4 Å². The topological polar surface area (TPSA) is 281 Å². The van der Waals surface area contributed by atoms with Crippen LogP contribution in [0.2, 0.25) is 0 Å². The highest BCUT2D eigenvalue weighted by Crippen LogP contribution is 2.31. The summed E-state index contributed by atoms with van der Waals surface area (Å²) in [6, 6.07) is 3.42. The van der Waals surface area contributed by atoms with E-state index in [2.05, 4.69) is 40.9 Å². The minimum absolute atomic E-state index is 0.202. The second kappa shape index (κ2) is 21.7. The molecule has 60 heavy (non-hydrogen) atoms. The van der Waals surface area contributed by atoms with E-state index in [1.807, 2.05) is 0 Å². The zero-order valence-corrected chi connectivity index (χ0v) is 35.5. The summed E-state index contributed by atoms with van der Waals surface area (Å²) in [5.41, 5.74) is 1.66. The van der Waals surface area contributed by atoms with Crippen molar-refractivity contribution in [3.8, 4) is 0 Å². The van der Waals surface area contributed by atoms with Crippen LogP contribution in [0, 0.1) is 0 Å². The number of aromatic nitrogens is 2. The third-order valence-corrected chi connectivity index (χ3v) is 8.77. The van der Waals surface area contributed by atoms with E-state index in [4.69, 9.17) is 33.2 Å². The van der Waals surface area contributed by atoms with Gasteiger partial charge < -0.3 is 43.2 Å². The van der Waals surface area contributed by atoms with Gasteiger partial charge in [0.15, 0.2) is 48.8 Å². The number of rotatable bonds is 17. The number of aliphatic imine (C=N–C) groups is 1. The van der Waals surface area contributed by atoms with Crippen molar-refractivity contribution in [2.45, 2.75) is 111 Å². The lowest BCUT2D eigenvalue weighted by Gasteiger charge is -2.22. The average molecular weight is 911 g/mol. The number of hydrogen-bond acceptors (Lipinski definition) is 20. The highest BCUT2D eigenvalue weighted by Gasteiger charge is 2.35. The number of nitrogens with one attached hydrogen (secondary N) is 1. The molecule has 0 bridgehead atoms. The Bertz CT molecular complexity index is 2030. The van der Waals surface area contributed by atoms with Crippen molar-refractivity contribution >= 4 is 92.3 Å². The molecule has 1 amide bonds. The van der Waals surface area contributed by atoms with E-state index in [0.29, 0.717) is 27.7 Å². The maximum atomic E-state index is 13.3. The lowest BCUT2D eigenvalue weighted by atomic mass is 10.2. The van der Waals surface area contributed by atoms with Crippen LogP contribution in [0.5, 0.6) is 0 Å². The predicted molar refractivity (Wildman–Crippen MR) is 204 cm³/mol. The van der Waals surface area contributed by atoms with Crippen molar-refractivity contribution < 1.29 is 81.0 Å². The molecule has 0 aliphatic carbocycles. The Morgan fingerprint density at radius 3 is 1.35 bits per heavy atom. The number of ether oxygens (including phenoxy) is 8. The highest BCUT2D eigenvalue weighted by atomic mass is 79.9. The number of esters is 8. The normalized spacial score (nSPS) is 16.9. The van der Waals surface area contributed by atoms with Crippen LogP contribution >= 0.6 is 15.9 Å². The van der Waals surface area contributed by atoms with E-state index in [9.17, 15) is 43.2 Å². The smallest absolute Gasteiger partial charge is 0.347 e. The maximum Gasteiger partial charge on any atom is 0.347 e. The number of carbonyl (C=O) groups excluding carboxylic acids is 9. The average Bonchev–Trinajstić information content (AvgIpc) is 3.65. The molecule has 1 saturated heterocycles. The number of halogens is 1. The van der Waals surface area contributed by atoms with Gasteiger partial charge in [-0.3, -0.25) is 24.5 Å². The molecule has 1 aliphatic rings. The first-order valence-corrected chi connectivity index (χ1v) is 19.0. The number of benzene rings is 1. The minimum Gasteiger partial charge on any atom is -0.451 e. The van der Waals surface area contributed by atoms with E-state index in [-0.39, 0.29) is 12.5 Å². The summed E-state index contributed by atoms with van der Waals surface area (Å²) >= 11 is 3.48. The second-order valence-electron chi connectivity index (χ2n) is 13.0. The molecule has 23 heteroatoms. The quantitative estimate of drug-likeness (QED) is 0.173. The molecule has 1 aromatic carbocycles. The monoisotopic (exact) mass is 909 g/mol. The fraction of sp³-hybridized carbons (Fsp3) is 0.514. The van der Waals surface area contributed by atoms with Gasteiger partial charge in [0.25, 0.3) is 5.91 Å². The van der Waals surface area contributed by atoms with Crippen LogP contribution in [-0.2, 0) is 81.0 Å². The van der Waals surface area contributed by atoms with E-state index < -0.39 is 102 Å². The van der Waals surface area contributed by atoms with E-state index >= 15 is 0 Å². The van der Waals surface area contributed by atoms with Crippen molar-refractivity contribution in [1.82, 2.24) is 20.2 Å². The Morgan fingerprint density at radius 2 is 0.950 bits per heavy atom. The fourth-order valence-electron chi connectivity index (χ4n) is 4.73. The Hall–Kier alpha value is -6.26. The van der Waals surface area contributed by atoms with E-state index in [0.717, 1.165) is 41.5 Å². The number of nitrogens with zero attached hydrogens (tertiary/aromatic N) is 4. The van der Waals surface area contributed by atoms with Crippen LogP contribution in [0.3, 0.4) is 0 Å². The van der Waals surface area contributed by atoms with Crippen molar-refractivity contribution in [2.75, 3.05) is 13.1 Å². The Labute approximate surface area is 351 Å². The number of hydrogen-bond donors (Lipinski definition) is 1. The second-order valence-corrected chi connectivity index (χ2v) is 13.8. The molecule has 1 fully saturated rings. The SMILES string of the molecule is CC(=O)O[C@@H](C)C(=O)O[C@@H](C)C(=O)O[C@@H](C)C(=O)O[C@@H](C)C(=O)O[C@@H](C)C(=O)O[C@@H](C)C(=O)O[C@@H](C)C(=O)O[C@@H](C)C(=O)N1CCN/C1=N\c1ccc2nccnc2c1Br. The number of amides is 1. The van der Waals surface area contributed by atoms with Crippen LogP contribution in [0.1, 0.15) is 62.3 Å². The van der Waals surface area contributed by atoms with Crippen molar-refractivity contribution in [3.63, 3.8) is 0 Å². The molecular weight excluding hydrogens is 866 g/mol. The Balaban J connectivity index is 1.44. The van der Waals surface area contributed by atoms with Crippen LogP contribution in [0.25, 0.3) is 11.0 Å². The summed E-state index contributed by atoms with van der Waals surface area (Å²) in [6.07, 6.45) is -9.07. The van der Waals surface area contributed by atoms with E-state index in [1.54, 1.807) is 18.3 Å². The molecule has 1 aromatic heterocycles. The van der Waals surface area contributed by atoms with Crippen LogP contribution in [0.4, 0.5) is 5.69 Å². The molecule has 3 rings (SSSR count). The minimum atomic E-state index is -1.63. The van der Waals surface area contributed by atoms with Gasteiger partial charge in [0.2, 0.25) is 5.96 Å². The standard InChI is InChI=1S/C37H44BrN5O17/c1-16(29(45)43-15-14-41-37(43)42-25-10-11-26-28(27(25)38)40-13-12-39-26)54-31(47)18(3)56-33(49)20(5)58-35(51)22(7)60-36(52)23(8)59-34(50)21(6)57-32(48)19(4)55-30(46)17(2)53-24(9)44/h10-13,16-23H,14-15H2,1-9H3,(H,41,42)/t16-,17-,18-,19-,20-,21-,22-,23-/m0/s1. The molecule has 2 heterocycles. The van der Waals surface area contributed by atoms with Gasteiger partial charge in [0.05, 0.1) is 15.7 Å². The molecule has 0 radical (unpaired) electrons. The zero-order valence-electron chi connectivity index (χ0n) is 33.9. The largest absolute Gasteiger partial charge is 0.451 e. The molecule has 0 saturated carbocycles. The molecule has 1 N–H and O–H groups in total.